The van der Waals surface area contributed by atoms with Gasteiger partial charge in [-0.2, -0.15) is 0 Å². The van der Waals surface area contributed by atoms with Crippen molar-refractivity contribution in [2.24, 2.45) is 11.8 Å². The Morgan fingerprint density at radius 2 is 2.25 bits per heavy atom. The summed E-state index contributed by atoms with van der Waals surface area (Å²) >= 11 is 3.64. The van der Waals surface area contributed by atoms with E-state index in [1.54, 1.807) is 0 Å². The van der Waals surface area contributed by atoms with E-state index in [0.29, 0.717) is 22.8 Å². The van der Waals surface area contributed by atoms with Crippen molar-refractivity contribution in [2.75, 3.05) is 6.54 Å². The van der Waals surface area contributed by atoms with E-state index in [2.05, 4.69) is 32.2 Å². The normalized spacial score (nSPS) is 47.5. The monoisotopic (exact) mass is 234 g/mol. The molecule has 0 radical (unpaired) electrons. The van der Waals surface area contributed by atoms with Crippen LogP contribution in [0.2, 0.25) is 0 Å². The van der Waals surface area contributed by atoms with Crippen molar-refractivity contribution < 1.29 is 0 Å². The second kappa shape index (κ2) is 3.59. The highest BCUT2D eigenvalue weighted by molar-refractivity contribution is 9.09. The maximum absolute atomic E-state index is 5.50. The zero-order chi connectivity index (χ0) is 8.55. The molecular formula is C7H15BrN4. The van der Waals surface area contributed by atoms with Gasteiger partial charge in [0.05, 0.1) is 0 Å². The summed E-state index contributed by atoms with van der Waals surface area (Å²) in [6, 6.07) is 1.01. The molecule has 70 valence electrons. The number of rotatable bonds is 1. The SMILES string of the molecule is NNC1CC(Br)CC2NNCC12. The standard InChI is InChI=1S/C7H15BrN4/c8-4-1-6(11-9)5-3-10-12-7(5)2-4/h4-7,10-12H,1-3,9H2. The summed E-state index contributed by atoms with van der Waals surface area (Å²) in [4.78, 5) is 0.590. The number of nitrogens with two attached hydrogens (primary N) is 1. The number of hydrogen-bond donors (Lipinski definition) is 4. The highest BCUT2D eigenvalue weighted by atomic mass is 79.9. The molecule has 1 saturated carbocycles. The quantitative estimate of drug-likeness (QED) is 0.280. The van der Waals surface area contributed by atoms with Crippen LogP contribution in [0.15, 0.2) is 0 Å². The number of hydrogen-bond acceptors (Lipinski definition) is 4. The van der Waals surface area contributed by atoms with Crippen LogP contribution in [-0.4, -0.2) is 23.5 Å². The van der Waals surface area contributed by atoms with Crippen molar-refractivity contribution in [1.82, 2.24) is 16.3 Å². The van der Waals surface area contributed by atoms with E-state index in [4.69, 9.17) is 5.84 Å². The van der Waals surface area contributed by atoms with E-state index in [-0.39, 0.29) is 0 Å². The third-order valence-electron chi connectivity index (χ3n) is 2.89. The molecule has 1 heterocycles. The molecule has 5 N–H and O–H groups in total. The van der Waals surface area contributed by atoms with Crippen LogP contribution < -0.4 is 22.1 Å². The van der Waals surface area contributed by atoms with Gasteiger partial charge in [0.25, 0.3) is 0 Å². The lowest BCUT2D eigenvalue weighted by molar-refractivity contribution is 0.262. The number of fused-ring (bicyclic) bond motifs is 1. The Hall–Kier alpha value is 0.320. The van der Waals surface area contributed by atoms with E-state index in [1.807, 2.05) is 0 Å². The van der Waals surface area contributed by atoms with Crippen LogP contribution in [0.3, 0.4) is 0 Å². The van der Waals surface area contributed by atoms with E-state index in [0.717, 1.165) is 13.0 Å². The summed E-state index contributed by atoms with van der Waals surface area (Å²) in [5, 5.41) is 0. The summed E-state index contributed by atoms with van der Waals surface area (Å²) in [6.45, 7) is 1.03. The molecule has 2 fully saturated rings. The zero-order valence-electron chi connectivity index (χ0n) is 6.89. The molecule has 5 heteroatoms. The second-order valence-electron chi connectivity index (χ2n) is 3.64. The molecule has 1 aliphatic carbocycles. The second-order valence-corrected chi connectivity index (χ2v) is 4.93. The third-order valence-corrected chi connectivity index (χ3v) is 3.64. The highest BCUT2D eigenvalue weighted by Crippen LogP contribution is 2.30. The van der Waals surface area contributed by atoms with E-state index >= 15 is 0 Å². The summed E-state index contributed by atoms with van der Waals surface area (Å²) in [5.74, 6) is 6.14. The molecule has 1 saturated heterocycles. The number of halogens is 1. The van der Waals surface area contributed by atoms with E-state index < -0.39 is 0 Å². The van der Waals surface area contributed by atoms with Crippen LogP contribution in [0.25, 0.3) is 0 Å². The summed E-state index contributed by atoms with van der Waals surface area (Å²) < 4.78 is 0. The molecule has 0 amide bonds. The highest BCUT2D eigenvalue weighted by Gasteiger charge is 2.39. The fraction of sp³-hybridized carbons (Fsp3) is 1.00. The lowest BCUT2D eigenvalue weighted by Gasteiger charge is -2.34. The Bertz CT molecular complexity index is 165. The summed E-state index contributed by atoms with van der Waals surface area (Å²) in [5.41, 5.74) is 9.36. The van der Waals surface area contributed by atoms with Crippen molar-refractivity contribution in [3.8, 4) is 0 Å². The van der Waals surface area contributed by atoms with Crippen LogP contribution in [-0.2, 0) is 0 Å². The van der Waals surface area contributed by atoms with E-state index in [9.17, 15) is 0 Å². The lowest BCUT2D eigenvalue weighted by atomic mass is 9.82. The van der Waals surface area contributed by atoms with Gasteiger partial charge in [0.15, 0.2) is 0 Å². The van der Waals surface area contributed by atoms with Crippen LogP contribution >= 0.6 is 15.9 Å². The van der Waals surface area contributed by atoms with Gasteiger partial charge in [-0.05, 0) is 12.8 Å². The predicted octanol–water partition coefficient (Wildman–Crippen LogP) is -0.532. The van der Waals surface area contributed by atoms with Gasteiger partial charge in [0.1, 0.15) is 0 Å². The first-order valence-electron chi connectivity index (χ1n) is 4.40. The Morgan fingerprint density at radius 3 is 3.00 bits per heavy atom. The van der Waals surface area contributed by atoms with Gasteiger partial charge in [-0.25, -0.2) is 0 Å². The zero-order valence-corrected chi connectivity index (χ0v) is 8.47. The number of nitrogens with one attached hydrogen (secondary N) is 3. The van der Waals surface area contributed by atoms with Gasteiger partial charge < -0.3 is 0 Å². The fourth-order valence-corrected chi connectivity index (χ4v) is 3.03. The largest absolute Gasteiger partial charge is 0.271 e. The van der Waals surface area contributed by atoms with Gasteiger partial charge in [-0.15, -0.1) is 0 Å². The minimum Gasteiger partial charge on any atom is -0.271 e. The van der Waals surface area contributed by atoms with Crippen LogP contribution in [0.4, 0.5) is 0 Å². The Balaban J connectivity index is 2.04. The van der Waals surface area contributed by atoms with Gasteiger partial charge in [0.2, 0.25) is 0 Å². The average molecular weight is 235 g/mol. The summed E-state index contributed by atoms with van der Waals surface area (Å²) in [6.07, 6.45) is 2.32. The fourth-order valence-electron chi connectivity index (χ4n) is 2.23. The Kier molecular flexibility index (Phi) is 2.66. The molecule has 4 atom stereocenters. The average Bonchev–Trinajstić information content (AvgIpc) is 2.50. The molecule has 2 aliphatic rings. The minimum absolute atomic E-state index is 0.440. The molecule has 4 nitrogen and oxygen atoms in total. The van der Waals surface area contributed by atoms with Crippen molar-refractivity contribution in [2.45, 2.75) is 29.8 Å². The first kappa shape index (κ1) is 8.90. The first-order chi connectivity index (χ1) is 5.81. The topological polar surface area (TPSA) is 62.1 Å². The molecule has 1 aliphatic heterocycles. The minimum atomic E-state index is 0.440. The van der Waals surface area contributed by atoms with Crippen LogP contribution in [0.1, 0.15) is 12.8 Å². The molecule has 0 aromatic rings. The molecule has 0 aromatic heterocycles. The molecule has 4 unspecified atom stereocenters. The molecule has 0 bridgehead atoms. The molecule has 12 heavy (non-hydrogen) atoms. The van der Waals surface area contributed by atoms with E-state index in [1.165, 1.54) is 6.42 Å². The Labute approximate surface area is 80.7 Å². The molecule has 0 spiro atoms. The summed E-state index contributed by atoms with van der Waals surface area (Å²) in [7, 11) is 0. The smallest absolute Gasteiger partial charge is 0.0279 e. The maximum Gasteiger partial charge on any atom is 0.0279 e. The maximum atomic E-state index is 5.50. The first-order valence-corrected chi connectivity index (χ1v) is 5.31. The van der Waals surface area contributed by atoms with Crippen molar-refractivity contribution in [1.29, 1.82) is 0 Å². The van der Waals surface area contributed by atoms with Gasteiger partial charge in [-0.1, -0.05) is 15.9 Å². The number of alkyl halides is 1. The van der Waals surface area contributed by atoms with Gasteiger partial charge >= 0.3 is 0 Å². The van der Waals surface area contributed by atoms with Gasteiger partial charge in [-0.3, -0.25) is 22.1 Å². The van der Waals surface area contributed by atoms with Crippen molar-refractivity contribution in [3.63, 3.8) is 0 Å². The third kappa shape index (κ3) is 1.52. The predicted molar refractivity (Wildman–Crippen MR) is 51.5 cm³/mol. The lowest BCUT2D eigenvalue weighted by Crippen LogP contribution is -2.51. The van der Waals surface area contributed by atoms with Gasteiger partial charge in [0, 0.05) is 29.4 Å². The molecule has 2 rings (SSSR count). The number of hydrazine groups is 2. The molecular weight excluding hydrogens is 220 g/mol. The Morgan fingerprint density at radius 1 is 1.42 bits per heavy atom. The van der Waals surface area contributed by atoms with Crippen LogP contribution in [0, 0.1) is 5.92 Å². The van der Waals surface area contributed by atoms with Crippen molar-refractivity contribution >= 4 is 15.9 Å². The van der Waals surface area contributed by atoms with Crippen LogP contribution in [0.5, 0.6) is 0 Å². The molecule has 0 aromatic carbocycles. The van der Waals surface area contributed by atoms with Crippen molar-refractivity contribution in [3.05, 3.63) is 0 Å².